The number of alkyl halides is 3. The molecule has 0 saturated carbocycles. The van der Waals surface area contributed by atoms with Gasteiger partial charge in [-0.1, -0.05) is 112 Å². The van der Waals surface area contributed by atoms with E-state index >= 15 is 0 Å². The Kier molecular flexibility index (Phi) is 19.2. The van der Waals surface area contributed by atoms with Crippen molar-refractivity contribution in [3.05, 3.63) is 131 Å². The van der Waals surface area contributed by atoms with Crippen molar-refractivity contribution in [1.29, 1.82) is 0 Å². The van der Waals surface area contributed by atoms with E-state index in [4.69, 9.17) is 79.2 Å². The first kappa shape index (κ1) is 49.2. The van der Waals surface area contributed by atoms with Crippen molar-refractivity contribution in [3.8, 4) is 41.0 Å². The van der Waals surface area contributed by atoms with E-state index in [1.54, 1.807) is 6.07 Å². The van der Waals surface area contributed by atoms with E-state index in [0.29, 0.717) is 16.9 Å². The number of nitrogens with zero attached hydrogens (tertiary/aromatic N) is 2. The molecule has 4 N–H and O–H groups in total. The third-order valence-electron chi connectivity index (χ3n) is 7.21. The zero-order valence-corrected chi connectivity index (χ0v) is 35.1. The number of nitrogens with two attached hydrogens (primary N) is 2. The molecule has 4 aromatic carbocycles. The van der Waals surface area contributed by atoms with Crippen molar-refractivity contribution in [2.45, 2.75) is 63.1 Å². The van der Waals surface area contributed by atoms with Crippen molar-refractivity contribution in [2.75, 3.05) is 0 Å². The Morgan fingerprint density at radius 3 is 1.60 bits per heavy atom. The topological polar surface area (TPSA) is 174 Å². The fourth-order valence-electron chi connectivity index (χ4n) is 5.22. The Bertz CT molecular complexity index is 2430. The van der Waals surface area contributed by atoms with Crippen LogP contribution in [0, 0.1) is 65.2 Å². The number of aromatic nitrogens is 1. The van der Waals surface area contributed by atoms with Gasteiger partial charge in [0, 0.05) is 29.2 Å². The van der Waals surface area contributed by atoms with Crippen molar-refractivity contribution >= 4 is 78.1 Å². The van der Waals surface area contributed by atoms with E-state index in [1.807, 2.05) is 59.7 Å². The molecule has 10 nitrogen and oxygen atoms in total. The van der Waals surface area contributed by atoms with Crippen LogP contribution in [0.1, 0.15) is 53.4 Å². The Morgan fingerprint density at radius 1 is 0.764 bits per heavy atom. The van der Waals surface area contributed by atoms with Gasteiger partial charge in [0.1, 0.15) is 21.0 Å². The number of terminal acetylenes is 1. The number of hydrogen-bond acceptors (Lipinski definition) is 7. The lowest BCUT2D eigenvalue weighted by Gasteiger charge is -2.07. The summed E-state index contributed by atoms with van der Waals surface area (Å²) in [5.74, 6) is 2.82. The predicted octanol–water partition coefficient (Wildman–Crippen LogP) is 10.9. The summed E-state index contributed by atoms with van der Waals surface area (Å²) in [7, 11) is -7.62. The Balaban J connectivity index is 0.000000827. The number of benzene rings is 4. The summed E-state index contributed by atoms with van der Waals surface area (Å²) in [6.45, 7) is 12.0. The maximum absolute atomic E-state index is 11.5. The molecule has 17 heteroatoms. The average molecular weight is 892 g/mol. The van der Waals surface area contributed by atoms with Crippen LogP contribution in [0.3, 0.4) is 0 Å². The zero-order valence-electron chi connectivity index (χ0n) is 29.7. The smallest absolute Gasteiger partial charge is 0.337 e. The molecular formula is C38H41Cl5N4O6S2. The fourth-order valence-corrected chi connectivity index (χ4v) is 7.40. The van der Waals surface area contributed by atoms with Crippen LogP contribution < -0.4 is 10.3 Å². The Labute approximate surface area is 349 Å². The lowest BCUT2D eigenvalue weighted by molar-refractivity contribution is 0.435. The molecule has 55 heavy (non-hydrogen) atoms. The van der Waals surface area contributed by atoms with Crippen molar-refractivity contribution < 1.29 is 22.8 Å². The van der Waals surface area contributed by atoms with Gasteiger partial charge in [0.2, 0.25) is 20.0 Å². The molecule has 0 fully saturated rings. The number of aryl methyl sites for hydroxylation is 6. The lowest BCUT2D eigenvalue weighted by atomic mass is 9.97. The second-order valence-electron chi connectivity index (χ2n) is 11.6. The Hall–Kier alpha value is -3.79. The van der Waals surface area contributed by atoms with Gasteiger partial charge in [-0.15, -0.1) is 6.42 Å². The van der Waals surface area contributed by atoms with E-state index in [2.05, 4.69) is 34.3 Å². The summed E-state index contributed by atoms with van der Waals surface area (Å²) < 4.78 is 49.4. The second-order valence-corrected chi connectivity index (χ2v) is 17.5. The highest BCUT2D eigenvalue weighted by Gasteiger charge is 2.17. The van der Waals surface area contributed by atoms with E-state index in [0.717, 1.165) is 39.1 Å². The molecule has 0 atom stereocenters. The molecule has 0 aliphatic heterocycles. The van der Waals surface area contributed by atoms with E-state index < -0.39 is 24.3 Å². The summed E-state index contributed by atoms with van der Waals surface area (Å²) >= 11 is 26.1. The van der Waals surface area contributed by atoms with Crippen LogP contribution in [0.4, 0.5) is 0 Å². The van der Waals surface area contributed by atoms with E-state index in [1.165, 1.54) is 41.5 Å². The normalized spacial score (nSPS) is 10.5. The third-order valence-corrected chi connectivity index (χ3v) is 9.99. The highest BCUT2D eigenvalue weighted by Crippen LogP contribution is 2.33. The van der Waals surface area contributed by atoms with Gasteiger partial charge in [0.05, 0.1) is 10.0 Å². The van der Waals surface area contributed by atoms with Gasteiger partial charge < -0.3 is 9.73 Å². The summed E-state index contributed by atoms with van der Waals surface area (Å²) in [4.78, 5) is -0.240. The summed E-state index contributed by atoms with van der Waals surface area (Å²) in [5.41, 5.74) is 10.4. The largest absolute Gasteiger partial charge is 0.498 e. The zero-order chi connectivity index (χ0) is 41.1. The van der Waals surface area contributed by atoms with Gasteiger partial charge in [-0.25, -0.2) is 27.1 Å². The molecule has 0 bridgehead atoms. The van der Waals surface area contributed by atoms with Crippen molar-refractivity contribution in [2.24, 2.45) is 10.3 Å². The maximum Gasteiger partial charge on any atom is 0.337 e. The van der Waals surface area contributed by atoms with Gasteiger partial charge in [0.25, 0.3) is 0 Å². The van der Waals surface area contributed by atoms with E-state index in [9.17, 15) is 22.0 Å². The number of primary sulfonamides is 2. The summed E-state index contributed by atoms with van der Waals surface area (Å²) in [6.07, 6.45) is 5.09. The maximum atomic E-state index is 11.5. The molecule has 5 rings (SSSR count). The molecule has 0 spiro atoms. The highest BCUT2D eigenvalue weighted by atomic mass is 35.6. The summed E-state index contributed by atoms with van der Waals surface area (Å²) in [5, 5.41) is 26.9. The van der Waals surface area contributed by atoms with Crippen molar-refractivity contribution in [1.82, 2.24) is 5.16 Å². The molecule has 0 unspecified atom stereocenters. The number of sulfonamides is 2. The summed E-state index contributed by atoms with van der Waals surface area (Å²) in [6, 6.07) is 21.0. The minimum absolute atomic E-state index is 0. The Morgan fingerprint density at radius 2 is 1.20 bits per heavy atom. The van der Waals surface area contributed by atoms with Crippen LogP contribution in [0.25, 0.3) is 27.6 Å². The van der Waals surface area contributed by atoms with Gasteiger partial charge >= 0.3 is 6.07 Å². The average Bonchev–Trinajstić information content (AvgIpc) is 3.51. The van der Waals surface area contributed by atoms with Gasteiger partial charge in [-0.05, 0) is 100 Å². The molecule has 1 heterocycles. The SMILES string of the molecule is C.C#Cc1ccc(S(N)(=O)=O)c(Cl)c1.Cc1cc(C)c(-c2cc(-c3ccc(S(N)(=O)=O)c(Cl)c3)on2)c(C)c1.Cc1cc(C)c(C#[N+][O-])c(C)c1.ClC(Cl)Cl.[2HH]. The number of rotatable bonds is 4. The molecule has 0 saturated heterocycles. The standard InChI is InChI=1S/C18H17ClN2O3S.C10H11NO.C8H6ClNO2S.CHCl3.CH4.H2/c1-10-6-11(2)18(12(3)7-10)15-9-16(24-21-15)13-4-5-17(14(19)8-13)25(20,22)23;1-7-4-8(2)10(6-11-12)9(3)5-7;1-2-6-3-4-8(7(9)5-6)13(10,11)12;2-1(3)4;;/h4-9H,1-3H3,(H2,20,22,23);4-5H,1-3H3;1,3-5H,(H2,10,11,12);1H;1H4;1H/i;;;;;1+1. The minimum Gasteiger partial charge on any atom is -0.498 e. The molecule has 0 aliphatic carbocycles. The van der Waals surface area contributed by atoms with Crippen LogP contribution in [0.2, 0.25) is 10.0 Å². The highest BCUT2D eigenvalue weighted by molar-refractivity contribution is 7.89. The van der Waals surface area contributed by atoms with Gasteiger partial charge in [0.15, 0.2) is 10.1 Å². The lowest BCUT2D eigenvalue weighted by Crippen LogP contribution is -2.12. The first-order chi connectivity index (χ1) is 25.0. The van der Waals surface area contributed by atoms with Crippen LogP contribution in [0.15, 0.2) is 81.0 Å². The van der Waals surface area contributed by atoms with Crippen LogP contribution in [-0.4, -0.2) is 26.3 Å². The second kappa shape index (κ2) is 21.5. The molecular weight excluding hydrogens is 850 g/mol. The minimum atomic E-state index is -3.86. The molecule has 5 aromatic rings. The monoisotopic (exact) mass is 889 g/mol. The van der Waals surface area contributed by atoms with Gasteiger partial charge in [-0.2, -0.15) is 0 Å². The van der Waals surface area contributed by atoms with E-state index in [-0.39, 0.29) is 28.7 Å². The van der Waals surface area contributed by atoms with Crippen LogP contribution in [-0.2, 0) is 20.0 Å². The molecule has 0 radical (unpaired) electrons. The fraction of sp³-hybridized carbons (Fsp3) is 0.211. The van der Waals surface area contributed by atoms with Crippen LogP contribution >= 0.6 is 58.0 Å². The first-order valence-electron chi connectivity index (χ1n) is 15.2. The number of halogens is 5. The molecule has 0 amide bonds. The van der Waals surface area contributed by atoms with Gasteiger partial charge in [-0.3, -0.25) is 0 Å². The molecule has 296 valence electrons. The quantitative estimate of drug-likeness (QED) is 0.103. The molecule has 1 aromatic heterocycles. The third kappa shape index (κ3) is 15.0. The van der Waals surface area contributed by atoms with Crippen molar-refractivity contribution in [3.63, 3.8) is 0 Å². The predicted molar refractivity (Wildman–Crippen MR) is 229 cm³/mol. The molecule has 0 aliphatic rings. The number of hydrogen-bond donors (Lipinski definition) is 2. The van der Waals surface area contributed by atoms with Crippen LogP contribution in [0.5, 0.6) is 0 Å². The first-order valence-corrected chi connectivity index (χ1v) is 20.4.